The number of carbonyl (C=O) groups is 1. The zero-order valence-electron chi connectivity index (χ0n) is 15.3. The molecule has 2 aliphatic rings. The van der Waals surface area contributed by atoms with Crippen molar-refractivity contribution < 1.29 is 13.2 Å². The topological polar surface area (TPSA) is 92.3 Å². The van der Waals surface area contributed by atoms with E-state index in [1.165, 1.54) is 13.3 Å². The minimum absolute atomic E-state index is 0.0397. The summed E-state index contributed by atoms with van der Waals surface area (Å²) >= 11 is 1.03. The fourth-order valence-electron chi connectivity index (χ4n) is 4.67. The van der Waals surface area contributed by atoms with Crippen LogP contribution in [0.1, 0.15) is 39.0 Å². The smallest absolute Gasteiger partial charge is 0.245 e. The Balaban J connectivity index is 1.67. The van der Waals surface area contributed by atoms with Gasteiger partial charge in [0.1, 0.15) is 15.9 Å². The summed E-state index contributed by atoms with van der Waals surface area (Å²) in [5, 5.41) is 2.92. The number of hydrogen-bond donors (Lipinski definition) is 1. The number of rotatable bonds is 4. The van der Waals surface area contributed by atoms with Gasteiger partial charge >= 0.3 is 0 Å². The van der Waals surface area contributed by atoms with E-state index in [1.807, 2.05) is 0 Å². The maximum Gasteiger partial charge on any atom is 0.245 e. The molecular weight excluding hydrogens is 384 g/mol. The highest BCUT2D eigenvalue weighted by atomic mass is 32.2. The lowest BCUT2D eigenvalue weighted by Crippen LogP contribution is -2.39. The van der Waals surface area contributed by atoms with E-state index in [1.54, 1.807) is 22.5 Å². The molecule has 1 spiro atoms. The van der Waals surface area contributed by atoms with Crippen LogP contribution in [0.15, 0.2) is 23.1 Å². The Labute approximate surface area is 163 Å². The van der Waals surface area contributed by atoms with Crippen molar-refractivity contribution in [3.63, 3.8) is 0 Å². The normalized spacial score (nSPS) is 23.1. The molecule has 1 aromatic heterocycles. The van der Waals surface area contributed by atoms with Gasteiger partial charge in [-0.3, -0.25) is 4.79 Å². The van der Waals surface area contributed by atoms with Crippen LogP contribution in [0.5, 0.6) is 0 Å². The molecule has 4 rings (SSSR count). The van der Waals surface area contributed by atoms with Crippen LogP contribution in [-0.2, 0) is 14.8 Å². The molecule has 7 nitrogen and oxygen atoms in total. The summed E-state index contributed by atoms with van der Waals surface area (Å²) in [5.74, 6) is 0.0739. The van der Waals surface area contributed by atoms with Crippen LogP contribution in [0, 0.1) is 11.3 Å². The highest BCUT2D eigenvalue weighted by Crippen LogP contribution is 2.48. The molecule has 27 heavy (non-hydrogen) atoms. The monoisotopic (exact) mass is 408 g/mol. The molecular formula is C18H24N4O3S2. The quantitative estimate of drug-likeness (QED) is 0.839. The van der Waals surface area contributed by atoms with E-state index in [9.17, 15) is 13.2 Å². The first-order valence-corrected chi connectivity index (χ1v) is 11.6. The molecule has 1 aliphatic carbocycles. The summed E-state index contributed by atoms with van der Waals surface area (Å²) in [5.41, 5.74) is 1.02. The van der Waals surface area contributed by atoms with Crippen molar-refractivity contribution >= 4 is 38.7 Å². The highest BCUT2D eigenvalue weighted by molar-refractivity contribution is 7.89. The van der Waals surface area contributed by atoms with Crippen molar-refractivity contribution in [2.24, 2.45) is 11.3 Å². The number of nitrogens with one attached hydrogen (secondary N) is 1. The predicted molar refractivity (Wildman–Crippen MR) is 104 cm³/mol. The van der Waals surface area contributed by atoms with Gasteiger partial charge in [-0.05, 0) is 36.3 Å². The van der Waals surface area contributed by atoms with Crippen LogP contribution < -0.4 is 5.32 Å². The number of benzene rings is 1. The van der Waals surface area contributed by atoms with Gasteiger partial charge in [-0.1, -0.05) is 25.3 Å². The Kier molecular flexibility index (Phi) is 4.94. The van der Waals surface area contributed by atoms with Gasteiger partial charge < -0.3 is 5.32 Å². The fourth-order valence-corrected chi connectivity index (χ4v) is 7.00. The van der Waals surface area contributed by atoms with E-state index in [2.05, 4.69) is 14.1 Å². The second-order valence-electron chi connectivity index (χ2n) is 7.74. The summed E-state index contributed by atoms with van der Waals surface area (Å²) in [6.45, 7) is 3.00. The van der Waals surface area contributed by atoms with Gasteiger partial charge in [0.2, 0.25) is 15.9 Å². The lowest BCUT2D eigenvalue weighted by atomic mass is 9.68. The molecule has 1 amide bonds. The maximum atomic E-state index is 13.4. The summed E-state index contributed by atoms with van der Waals surface area (Å²) in [7, 11) is -3.66. The Morgan fingerprint density at radius 1 is 1.30 bits per heavy atom. The van der Waals surface area contributed by atoms with Gasteiger partial charge in [-0.25, -0.2) is 8.42 Å². The number of aromatic nitrogens is 2. The first-order valence-electron chi connectivity index (χ1n) is 9.38. The molecule has 9 heteroatoms. The van der Waals surface area contributed by atoms with Crippen LogP contribution in [-0.4, -0.2) is 47.0 Å². The van der Waals surface area contributed by atoms with E-state index in [0.717, 1.165) is 37.4 Å². The molecule has 2 heterocycles. The van der Waals surface area contributed by atoms with Crippen LogP contribution in [0.3, 0.4) is 0 Å². The summed E-state index contributed by atoms with van der Waals surface area (Å²) < 4.78 is 36.8. The standard InChI is InChI=1S/C18H24N4O3S2/c1-13(23)19-10-14-11-22(12-18(14)8-3-2-4-9-18)27(24,25)16-7-5-6-15-17(16)21-26-20-15/h5-7,14H,2-4,8-12H2,1H3,(H,19,23). The maximum absolute atomic E-state index is 13.4. The van der Waals surface area contributed by atoms with Gasteiger partial charge in [0.15, 0.2) is 0 Å². The Bertz CT molecular complexity index is 950. The predicted octanol–water partition coefficient (Wildman–Crippen LogP) is 2.40. The Morgan fingerprint density at radius 3 is 2.81 bits per heavy atom. The Morgan fingerprint density at radius 2 is 2.07 bits per heavy atom. The third kappa shape index (κ3) is 3.36. The average molecular weight is 409 g/mol. The number of fused-ring (bicyclic) bond motifs is 1. The molecule has 1 atom stereocenters. The van der Waals surface area contributed by atoms with Crippen LogP contribution >= 0.6 is 11.7 Å². The molecule has 1 aromatic carbocycles. The van der Waals surface area contributed by atoms with Crippen LogP contribution in [0.4, 0.5) is 0 Å². The molecule has 1 saturated heterocycles. The van der Waals surface area contributed by atoms with Gasteiger partial charge in [0, 0.05) is 26.6 Å². The number of sulfonamides is 1. The van der Waals surface area contributed by atoms with Gasteiger partial charge in [0.05, 0.1) is 11.7 Å². The first kappa shape index (κ1) is 18.8. The Hall–Kier alpha value is -1.58. The van der Waals surface area contributed by atoms with Crippen LogP contribution in [0.2, 0.25) is 0 Å². The third-order valence-electron chi connectivity index (χ3n) is 6.09. The lowest BCUT2D eigenvalue weighted by molar-refractivity contribution is -0.119. The lowest BCUT2D eigenvalue weighted by Gasteiger charge is -2.38. The van der Waals surface area contributed by atoms with Gasteiger partial charge in [-0.2, -0.15) is 13.1 Å². The van der Waals surface area contributed by atoms with E-state index < -0.39 is 10.0 Å². The zero-order valence-corrected chi connectivity index (χ0v) is 17.0. The molecule has 0 radical (unpaired) electrons. The van der Waals surface area contributed by atoms with Crippen molar-refractivity contribution in [1.29, 1.82) is 0 Å². The van der Waals surface area contributed by atoms with Crippen molar-refractivity contribution in [3.05, 3.63) is 18.2 Å². The minimum Gasteiger partial charge on any atom is -0.356 e. The van der Waals surface area contributed by atoms with Crippen LogP contribution in [0.25, 0.3) is 11.0 Å². The fraction of sp³-hybridized carbons (Fsp3) is 0.611. The second kappa shape index (κ2) is 7.10. The summed E-state index contributed by atoms with van der Waals surface area (Å²) in [6, 6.07) is 5.12. The largest absolute Gasteiger partial charge is 0.356 e. The van der Waals surface area contributed by atoms with Crippen molar-refractivity contribution in [1.82, 2.24) is 18.4 Å². The SMILES string of the molecule is CC(=O)NCC1CN(S(=O)(=O)c2cccc3nsnc23)CC12CCCCC2. The molecule has 146 valence electrons. The molecule has 2 aromatic rings. The van der Waals surface area contributed by atoms with Crippen molar-refractivity contribution in [3.8, 4) is 0 Å². The average Bonchev–Trinajstić information content (AvgIpc) is 3.25. The minimum atomic E-state index is -3.66. The molecule has 1 N–H and O–H groups in total. The highest BCUT2D eigenvalue weighted by Gasteiger charge is 2.50. The number of amides is 1. The molecule has 1 aliphatic heterocycles. The van der Waals surface area contributed by atoms with E-state index in [0.29, 0.717) is 30.7 Å². The van der Waals surface area contributed by atoms with E-state index in [-0.39, 0.29) is 22.1 Å². The summed E-state index contributed by atoms with van der Waals surface area (Å²) in [6.07, 6.45) is 5.48. The number of nitrogens with zero attached hydrogens (tertiary/aromatic N) is 3. The van der Waals surface area contributed by atoms with Gasteiger partial charge in [-0.15, -0.1) is 0 Å². The van der Waals surface area contributed by atoms with Crippen molar-refractivity contribution in [2.75, 3.05) is 19.6 Å². The zero-order chi connectivity index (χ0) is 19.1. The molecule has 2 fully saturated rings. The molecule has 0 bridgehead atoms. The van der Waals surface area contributed by atoms with Gasteiger partial charge in [0.25, 0.3) is 0 Å². The number of hydrogen-bond acceptors (Lipinski definition) is 6. The molecule has 1 unspecified atom stereocenters. The third-order valence-corrected chi connectivity index (χ3v) is 8.48. The second-order valence-corrected chi connectivity index (χ2v) is 10.2. The molecule has 1 saturated carbocycles. The number of carbonyl (C=O) groups excluding carboxylic acids is 1. The van der Waals surface area contributed by atoms with E-state index in [4.69, 9.17) is 0 Å². The first-order chi connectivity index (χ1) is 12.9. The van der Waals surface area contributed by atoms with Crippen molar-refractivity contribution in [2.45, 2.75) is 43.9 Å². The van der Waals surface area contributed by atoms with E-state index >= 15 is 0 Å². The summed E-state index contributed by atoms with van der Waals surface area (Å²) in [4.78, 5) is 11.7.